The molecule has 2 N–H and O–H groups in total. The summed E-state index contributed by atoms with van der Waals surface area (Å²) in [6.45, 7) is 6.18. The normalized spacial score (nSPS) is 15.1. The Morgan fingerprint density at radius 3 is 1.98 bits per heavy atom. The van der Waals surface area contributed by atoms with Gasteiger partial charge in [-0.2, -0.15) is 0 Å². The van der Waals surface area contributed by atoms with E-state index in [2.05, 4.69) is 27.2 Å². The number of anilines is 1. The van der Waals surface area contributed by atoms with Gasteiger partial charge < -0.3 is 39.0 Å². The fraction of sp³-hybridized carbons (Fsp3) is 0.351. The van der Waals surface area contributed by atoms with Crippen LogP contribution in [0.15, 0.2) is 71.8 Å². The lowest BCUT2D eigenvalue weighted by atomic mass is 10.1. The van der Waals surface area contributed by atoms with Gasteiger partial charge in [-0.15, -0.1) is 0 Å². The molecule has 3 heterocycles. The van der Waals surface area contributed by atoms with E-state index in [0.717, 1.165) is 73.9 Å². The van der Waals surface area contributed by atoms with Crippen LogP contribution < -0.4 is 33.9 Å². The average Bonchev–Trinajstić information content (AvgIpc) is 3.14. The number of para-hydroxylation sites is 2. The maximum atomic E-state index is 12.5. The fourth-order valence-electron chi connectivity index (χ4n) is 5.68. The van der Waals surface area contributed by atoms with Crippen molar-refractivity contribution in [1.82, 2.24) is 10.2 Å². The first-order valence-electron chi connectivity index (χ1n) is 16.0. The molecule has 0 unspecified atom stereocenters. The smallest absolute Gasteiger partial charge is 0.335 e. The molecule has 3 aliphatic heterocycles. The number of fused-ring (bicyclic) bond motifs is 2. The van der Waals surface area contributed by atoms with E-state index < -0.39 is 5.97 Å². The summed E-state index contributed by atoms with van der Waals surface area (Å²) in [5.41, 5.74) is 3.75. The Hall–Kier alpha value is -5.16. The average molecular weight is 658 g/mol. The number of carboxylic acid groups (broad SMARTS) is 1. The number of benzene rings is 3. The summed E-state index contributed by atoms with van der Waals surface area (Å²) in [4.78, 5) is 28.1. The van der Waals surface area contributed by atoms with E-state index in [4.69, 9.17) is 28.8 Å². The number of nitrogens with zero attached hydrogens (tertiary/aromatic N) is 2. The van der Waals surface area contributed by atoms with Crippen molar-refractivity contribution in [2.45, 2.75) is 12.8 Å². The molecule has 11 nitrogen and oxygen atoms in total. The third kappa shape index (κ3) is 8.80. The highest BCUT2D eigenvalue weighted by molar-refractivity contribution is 5.99. The Morgan fingerprint density at radius 1 is 0.771 bits per heavy atom. The Kier molecular flexibility index (Phi) is 11.8. The van der Waals surface area contributed by atoms with Gasteiger partial charge in [0.2, 0.25) is 0 Å². The molecule has 0 atom stereocenters. The molecule has 1 saturated heterocycles. The lowest BCUT2D eigenvalue weighted by Crippen LogP contribution is -2.46. The summed E-state index contributed by atoms with van der Waals surface area (Å²) in [5, 5.41) is 11.8. The predicted octanol–water partition coefficient (Wildman–Crippen LogP) is 4.75. The number of methoxy groups -OCH3 is 3. The van der Waals surface area contributed by atoms with Crippen molar-refractivity contribution >= 4 is 29.7 Å². The summed E-state index contributed by atoms with van der Waals surface area (Å²) in [6.07, 6.45) is 5.53. The van der Waals surface area contributed by atoms with Gasteiger partial charge in [0.25, 0.3) is 5.91 Å². The number of ether oxygens (including phenoxy) is 5. The van der Waals surface area contributed by atoms with E-state index in [9.17, 15) is 9.59 Å². The van der Waals surface area contributed by atoms with E-state index in [1.54, 1.807) is 45.6 Å². The van der Waals surface area contributed by atoms with E-state index >= 15 is 0 Å². The van der Waals surface area contributed by atoms with Crippen molar-refractivity contribution in [3.63, 3.8) is 0 Å². The molecule has 3 aromatic carbocycles. The van der Waals surface area contributed by atoms with Gasteiger partial charge in [0.05, 0.1) is 38.2 Å². The molecule has 6 rings (SSSR count). The molecule has 48 heavy (non-hydrogen) atoms. The second kappa shape index (κ2) is 16.6. The number of amides is 1. The fourth-order valence-corrected chi connectivity index (χ4v) is 5.68. The molecule has 0 aromatic heterocycles. The van der Waals surface area contributed by atoms with E-state index in [1.165, 1.54) is 5.69 Å². The molecule has 254 valence electrons. The summed E-state index contributed by atoms with van der Waals surface area (Å²) < 4.78 is 26.8. The third-order valence-corrected chi connectivity index (χ3v) is 8.42. The highest BCUT2D eigenvalue weighted by atomic mass is 16.5. The highest BCUT2D eigenvalue weighted by Crippen LogP contribution is 2.32. The van der Waals surface area contributed by atoms with Gasteiger partial charge in [-0.25, -0.2) is 4.79 Å². The molecule has 0 radical (unpaired) electrons. The predicted molar refractivity (Wildman–Crippen MR) is 184 cm³/mol. The van der Waals surface area contributed by atoms with Gasteiger partial charge in [-0.1, -0.05) is 12.1 Å². The van der Waals surface area contributed by atoms with Crippen LogP contribution in [0.4, 0.5) is 5.69 Å². The minimum absolute atomic E-state index is 0.0538. The largest absolute Gasteiger partial charge is 0.497 e. The van der Waals surface area contributed by atoms with Crippen LogP contribution in [0.1, 0.15) is 24.0 Å². The van der Waals surface area contributed by atoms with Crippen molar-refractivity contribution < 1.29 is 38.4 Å². The number of piperazine rings is 1. The number of carbonyl (C=O) groups is 2. The number of hydrogen-bond donors (Lipinski definition) is 2. The Balaban J connectivity index is 0.000000250. The Bertz CT molecular complexity index is 1650. The summed E-state index contributed by atoms with van der Waals surface area (Å²) >= 11 is 0. The first-order valence-corrected chi connectivity index (χ1v) is 16.0. The standard InChI is InChI=1S/C26H33N3O4.C11H10O4/c1-31-22-10-9-20-17-21(19-33-25(20)18-22)26(30)27-11-5-6-12-28-13-15-29(16-14-28)23-7-3-4-8-24(23)32-2;1-14-9-3-2-7-4-8(11(12)13)6-15-10(7)5-9/h3-4,7-10,17-18H,5-6,11-16,19H2,1-2H3,(H,27,30);2-5H,6H2,1H3,(H,12,13). The zero-order valence-corrected chi connectivity index (χ0v) is 27.7. The van der Waals surface area contributed by atoms with Crippen LogP contribution >= 0.6 is 0 Å². The molecule has 1 fully saturated rings. The lowest BCUT2D eigenvalue weighted by molar-refractivity contribution is -0.133. The second-order valence-corrected chi connectivity index (χ2v) is 11.5. The number of carboxylic acids is 1. The monoisotopic (exact) mass is 657 g/mol. The molecular weight excluding hydrogens is 614 g/mol. The lowest BCUT2D eigenvalue weighted by Gasteiger charge is -2.36. The van der Waals surface area contributed by atoms with Crippen LogP contribution in [0.25, 0.3) is 12.2 Å². The van der Waals surface area contributed by atoms with Crippen LogP contribution in [0.2, 0.25) is 0 Å². The second-order valence-electron chi connectivity index (χ2n) is 11.5. The van der Waals surface area contributed by atoms with E-state index in [-0.39, 0.29) is 24.7 Å². The molecule has 0 spiro atoms. The van der Waals surface area contributed by atoms with Crippen LogP contribution in [-0.2, 0) is 9.59 Å². The topological polar surface area (TPSA) is 119 Å². The first kappa shape index (κ1) is 34.2. The third-order valence-electron chi connectivity index (χ3n) is 8.42. The number of hydrogen-bond acceptors (Lipinski definition) is 9. The van der Waals surface area contributed by atoms with Gasteiger partial charge in [0, 0.05) is 56.0 Å². The number of nitrogens with one attached hydrogen (secondary N) is 1. The van der Waals surface area contributed by atoms with Crippen molar-refractivity contribution in [3.8, 4) is 28.7 Å². The number of unbranched alkanes of at least 4 members (excludes halogenated alkanes) is 1. The first-order chi connectivity index (χ1) is 23.4. The molecular formula is C37H43N3O8. The van der Waals surface area contributed by atoms with Crippen molar-refractivity contribution in [1.29, 1.82) is 0 Å². The van der Waals surface area contributed by atoms with Crippen LogP contribution in [0.5, 0.6) is 28.7 Å². The van der Waals surface area contributed by atoms with Crippen molar-refractivity contribution in [2.75, 3.05) is 78.7 Å². The van der Waals surface area contributed by atoms with Gasteiger partial charge in [0.15, 0.2) is 0 Å². The van der Waals surface area contributed by atoms with Gasteiger partial charge in [-0.3, -0.25) is 9.69 Å². The molecule has 1 amide bonds. The maximum absolute atomic E-state index is 12.5. The van der Waals surface area contributed by atoms with Gasteiger partial charge in [0.1, 0.15) is 42.0 Å². The minimum atomic E-state index is -0.948. The number of rotatable bonds is 11. The van der Waals surface area contributed by atoms with Crippen LogP contribution in [-0.4, -0.2) is 95.7 Å². The Morgan fingerprint density at radius 2 is 1.38 bits per heavy atom. The van der Waals surface area contributed by atoms with Crippen molar-refractivity contribution in [3.05, 3.63) is 82.9 Å². The number of carbonyl (C=O) groups excluding carboxylic acids is 1. The Labute approximate surface area is 281 Å². The molecule has 3 aromatic rings. The molecule has 3 aliphatic rings. The summed E-state index contributed by atoms with van der Waals surface area (Å²) in [7, 11) is 4.92. The zero-order valence-electron chi connectivity index (χ0n) is 27.7. The van der Waals surface area contributed by atoms with E-state index in [0.29, 0.717) is 23.6 Å². The molecule has 0 aliphatic carbocycles. The van der Waals surface area contributed by atoms with Crippen molar-refractivity contribution in [2.24, 2.45) is 0 Å². The quantitative estimate of drug-likeness (QED) is 0.280. The summed E-state index contributed by atoms with van der Waals surface area (Å²) in [6, 6.07) is 19.1. The van der Waals surface area contributed by atoms with Gasteiger partial charge >= 0.3 is 5.97 Å². The van der Waals surface area contributed by atoms with Crippen LogP contribution in [0, 0.1) is 0 Å². The zero-order chi connectivity index (χ0) is 33.9. The van der Waals surface area contributed by atoms with Gasteiger partial charge in [-0.05, 0) is 67.9 Å². The molecule has 11 heteroatoms. The molecule has 0 saturated carbocycles. The SMILES string of the molecule is COc1ccc2c(c1)OCC(C(=O)NCCCCN1CCN(c3ccccc3OC)CC1)=C2.COc1ccc2c(c1)OCC(C(=O)O)=C2. The van der Waals surface area contributed by atoms with Crippen LogP contribution in [0.3, 0.4) is 0 Å². The number of aliphatic carboxylic acids is 1. The maximum Gasteiger partial charge on any atom is 0.335 e. The highest BCUT2D eigenvalue weighted by Gasteiger charge is 2.20. The molecule has 0 bridgehead atoms. The minimum Gasteiger partial charge on any atom is -0.497 e. The van der Waals surface area contributed by atoms with E-state index in [1.807, 2.05) is 36.4 Å². The summed E-state index contributed by atoms with van der Waals surface area (Å²) in [5.74, 6) is 2.77.